The summed E-state index contributed by atoms with van der Waals surface area (Å²) < 4.78 is 30.7. The van der Waals surface area contributed by atoms with E-state index < -0.39 is 7.60 Å². The van der Waals surface area contributed by atoms with Crippen molar-refractivity contribution in [2.75, 3.05) is 19.8 Å². The summed E-state index contributed by atoms with van der Waals surface area (Å²) in [4.78, 5) is 0. The third-order valence-corrected chi connectivity index (χ3v) is 7.02. The molecular formula is C23H29O5P. The predicted molar refractivity (Wildman–Crippen MR) is 114 cm³/mol. The van der Waals surface area contributed by atoms with Crippen LogP contribution in [0.25, 0.3) is 0 Å². The molecule has 1 N–H and O–H groups in total. The maximum atomic E-state index is 13.4. The lowest BCUT2D eigenvalue weighted by Gasteiger charge is -2.39. The van der Waals surface area contributed by atoms with E-state index in [2.05, 4.69) is 24.3 Å². The maximum absolute atomic E-state index is 13.4. The van der Waals surface area contributed by atoms with Crippen molar-refractivity contribution in [1.82, 2.24) is 0 Å². The Kier molecular flexibility index (Phi) is 7.68. The van der Waals surface area contributed by atoms with Crippen LogP contribution in [-0.2, 0) is 18.3 Å². The van der Waals surface area contributed by atoms with Crippen molar-refractivity contribution in [3.8, 4) is 0 Å². The van der Waals surface area contributed by atoms with Gasteiger partial charge in [-0.05, 0) is 31.1 Å². The van der Waals surface area contributed by atoms with Crippen molar-refractivity contribution in [3.63, 3.8) is 0 Å². The number of hydrogen-bond acceptors (Lipinski definition) is 5. The molecule has 0 radical (unpaired) electrons. The lowest BCUT2D eigenvalue weighted by atomic mass is 9.76. The third kappa shape index (κ3) is 4.99. The highest BCUT2D eigenvalue weighted by atomic mass is 31.2. The molecule has 0 spiro atoms. The summed E-state index contributed by atoms with van der Waals surface area (Å²) in [6, 6.07) is 20.2. The van der Waals surface area contributed by atoms with Gasteiger partial charge in [0.25, 0.3) is 0 Å². The van der Waals surface area contributed by atoms with E-state index in [9.17, 15) is 9.67 Å². The molecule has 0 aliphatic carbocycles. The first-order valence-electron chi connectivity index (χ1n) is 10.1. The van der Waals surface area contributed by atoms with Gasteiger partial charge in [-0.1, -0.05) is 60.7 Å². The molecule has 0 saturated heterocycles. The van der Waals surface area contributed by atoms with Crippen LogP contribution in [-0.4, -0.2) is 31.0 Å². The lowest BCUT2D eigenvalue weighted by Crippen LogP contribution is -2.32. The SMILES string of the molecule is CCOP(=O)(OCC)C1=C[C@@H](c2ccccc2)[C@H](c2ccccc2)[C@@H](CCO)O1. The Labute approximate surface area is 172 Å². The average Bonchev–Trinajstić information content (AvgIpc) is 2.75. The zero-order chi connectivity index (χ0) is 20.7. The van der Waals surface area contributed by atoms with Crippen molar-refractivity contribution in [2.24, 2.45) is 0 Å². The number of ether oxygens (including phenoxy) is 1. The smallest absolute Gasteiger partial charge is 0.395 e. The molecule has 1 aliphatic rings. The highest BCUT2D eigenvalue weighted by Gasteiger charge is 2.43. The van der Waals surface area contributed by atoms with E-state index in [1.54, 1.807) is 13.8 Å². The van der Waals surface area contributed by atoms with Gasteiger partial charge in [0.1, 0.15) is 6.10 Å². The number of benzene rings is 2. The topological polar surface area (TPSA) is 65.0 Å². The first kappa shape index (κ1) is 21.8. The van der Waals surface area contributed by atoms with Gasteiger partial charge in [-0.2, -0.15) is 0 Å². The monoisotopic (exact) mass is 416 g/mol. The van der Waals surface area contributed by atoms with Crippen LogP contribution in [0.1, 0.15) is 43.2 Å². The minimum Gasteiger partial charge on any atom is -0.482 e. The standard InChI is InChI=1S/C23H29O5P/c1-3-26-29(25,27-4-2)22-17-20(18-11-7-5-8-12-18)23(21(28-22)15-16-24)19-13-9-6-10-14-19/h5-14,17,20-21,23-24H,3-4,15-16H2,1-2H3/t20-,21+,23-/m0/s1. The van der Waals surface area contributed by atoms with Gasteiger partial charge in [-0.15, -0.1) is 0 Å². The molecule has 156 valence electrons. The second-order valence-electron chi connectivity index (χ2n) is 6.88. The molecule has 0 amide bonds. The molecular weight excluding hydrogens is 387 g/mol. The minimum absolute atomic E-state index is 0.0314. The molecule has 0 bridgehead atoms. The molecule has 29 heavy (non-hydrogen) atoms. The van der Waals surface area contributed by atoms with E-state index in [1.807, 2.05) is 42.5 Å². The van der Waals surface area contributed by atoms with Crippen LogP contribution < -0.4 is 0 Å². The van der Waals surface area contributed by atoms with Crippen LogP contribution in [0.15, 0.2) is 72.2 Å². The quantitative estimate of drug-likeness (QED) is 0.551. The number of hydrogen-bond donors (Lipinski definition) is 1. The van der Waals surface area contributed by atoms with Crippen LogP contribution in [0.3, 0.4) is 0 Å². The van der Waals surface area contributed by atoms with Crippen molar-refractivity contribution in [2.45, 2.75) is 38.2 Å². The Hall–Kier alpha value is -1.91. The van der Waals surface area contributed by atoms with Crippen molar-refractivity contribution >= 4 is 7.60 Å². The highest BCUT2D eigenvalue weighted by Crippen LogP contribution is 2.60. The Morgan fingerprint density at radius 1 is 0.931 bits per heavy atom. The van der Waals surface area contributed by atoms with Gasteiger partial charge in [0.05, 0.1) is 13.2 Å². The van der Waals surface area contributed by atoms with Crippen LogP contribution in [0.5, 0.6) is 0 Å². The molecule has 0 unspecified atom stereocenters. The second-order valence-corrected chi connectivity index (χ2v) is 8.83. The fourth-order valence-corrected chi connectivity index (χ4v) is 5.47. The molecule has 1 heterocycles. The van der Waals surface area contributed by atoms with Gasteiger partial charge >= 0.3 is 7.60 Å². The summed E-state index contributed by atoms with van der Waals surface area (Å²) in [6.07, 6.45) is 1.94. The first-order chi connectivity index (χ1) is 14.1. The van der Waals surface area contributed by atoms with Crippen LogP contribution in [0.4, 0.5) is 0 Å². The molecule has 1 aliphatic heterocycles. The van der Waals surface area contributed by atoms with E-state index in [0.29, 0.717) is 6.42 Å². The zero-order valence-electron chi connectivity index (χ0n) is 16.9. The molecule has 2 aromatic rings. The Balaban J connectivity index is 2.13. The zero-order valence-corrected chi connectivity index (χ0v) is 17.8. The first-order valence-corrected chi connectivity index (χ1v) is 11.7. The minimum atomic E-state index is -3.57. The molecule has 3 rings (SSSR count). The summed E-state index contributed by atoms with van der Waals surface area (Å²) in [7, 11) is -3.57. The molecule has 0 aromatic heterocycles. The Bertz CT molecular complexity index is 827. The maximum Gasteiger partial charge on any atom is 0.395 e. The van der Waals surface area contributed by atoms with Gasteiger partial charge in [-0.3, -0.25) is 4.57 Å². The number of rotatable bonds is 9. The van der Waals surface area contributed by atoms with Crippen molar-refractivity contribution in [1.29, 1.82) is 0 Å². The fourth-order valence-electron chi connectivity index (χ4n) is 3.86. The Morgan fingerprint density at radius 3 is 2.00 bits per heavy atom. The molecule has 0 saturated carbocycles. The average molecular weight is 416 g/mol. The van der Waals surface area contributed by atoms with E-state index in [1.165, 1.54) is 0 Å². The summed E-state index contributed by atoms with van der Waals surface area (Å²) in [6.45, 7) is 4.03. The van der Waals surface area contributed by atoms with Crippen LogP contribution in [0.2, 0.25) is 0 Å². The van der Waals surface area contributed by atoms with E-state index >= 15 is 0 Å². The van der Waals surface area contributed by atoms with Gasteiger partial charge in [0.2, 0.25) is 5.50 Å². The van der Waals surface area contributed by atoms with E-state index in [4.69, 9.17) is 13.8 Å². The van der Waals surface area contributed by atoms with Gasteiger partial charge in [0, 0.05) is 24.9 Å². The van der Waals surface area contributed by atoms with Gasteiger partial charge in [0.15, 0.2) is 0 Å². The summed E-state index contributed by atoms with van der Waals surface area (Å²) >= 11 is 0. The second kappa shape index (κ2) is 10.2. The van der Waals surface area contributed by atoms with Gasteiger partial charge in [-0.25, -0.2) is 0 Å². The van der Waals surface area contributed by atoms with E-state index in [-0.39, 0.29) is 43.3 Å². The van der Waals surface area contributed by atoms with Crippen LogP contribution >= 0.6 is 7.60 Å². The normalized spacial score (nSPS) is 22.0. The Morgan fingerprint density at radius 2 is 1.48 bits per heavy atom. The van der Waals surface area contributed by atoms with E-state index in [0.717, 1.165) is 11.1 Å². The lowest BCUT2D eigenvalue weighted by molar-refractivity contribution is 0.0518. The molecule has 5 nitrogen and oxygen atoms in total. The van der Waals surface area contributed by atoms with Crippen LogP contribution in [0, 0.1) is 0 Å². The number of aliphatic hydroxyl groups is 1. The largest absolute Gasteiger partial charge is 0.482 e. The summed E-state index contributed by atoms with van der Waals surface area (Å²) in [5, 5.41) is 9.70. The summed E-state index contributed by atoms with van der Waals surface area (Å²) in [5.41, 5.74) is 2.43. The molecule has 3 atom stereocenters. The number of allylic oxidation sites excluding steroid dienone is 1. The predicted octanol–water partition coefficient (Wildman–Crippen LogP) is 5.44. The molecule has 2 aromatic carbocycles. The molecule has 0 fully saturated rings. The van der Waals surface area contributed by atoms with Crippen molar-refractivity contribution in [3.05, 3.63) is 83.4 Å². The van der Waals surface area contributed by atoms with Gasteiger partial charge < -0.3 is 18.9 Å². The highest BCUT2D eigenvalue weighted by molar-refractivity contribution is 7.58. The van der Waals surface area contributed by atoms with Crippen molar-refractivity contribution < 1.29 is 23.5 Å². The third-order valence-electron chi connectivity index (χ3n) is 5.03. The fraction of sp³-hybridized carbons (Fsp3) is 0.391. The summed E-state index contributed by atoms with van der Waals surface area (Å²) in [5.74, 6) is -0.126. The molecule has 6 heteroatoms. The number of aliphatic hydroxyl groups excluding tert-OH is 1.